The molecule has 0 aliphatic rings. The fourth-order valence-corrected chi connectivity index (χ4v) is 2.97. The van der Waals surface area contributed by atoms with E-state index in [0.717, 1.165) is 0 Å². The molecule has 0 aromatic heterocycles. The van der Waals surface area contributed by atoms with Crippen LogP contribution in [0.3, 0.4) is 0 Å². The Morgan fingerprint density at radius 3 is 2.46 bits per heavy atom. The number of benzene rings is 3. The molecule has 0 saturated heterocycles. The van der Waals surface area contributed by atoms with Gasteiger partial charge in [0.2, 0.25) is 0 Å². The molecule has 142 valence electrons. The van der Waals surface area contributed by atoms with Crippen molar-refractivity contribution in [2.45, 2.75) is 0 Å². The first-order chi connectivity index (χ1) is 13.3. The van der Waals surface area contributed by atoms with E-state index in [2.05, 4.69) is 10.6 Å². The number of hydrogen-bond acceptors (Lipinski definition) is 3. The summed E-state index contributed by atoms with van der Waals surface area (Å²) >= 11 is 11.1. The van der Waals surface area contributed by atoms with Crippen LogP contribution in [0.25, 0.3) is 11.1 Å². The smallest absolute Gasteiger partial charge is 0.251 e. The standard InChI is InChI=1S/C20H15ClFN3O2S/c21-12-6-9-17(26)16(10-12)25-20(28)24-13-7-4-11(5-8-13)14-2-1-3-15(18(14)22)19(23)27/h1-10,26H,(H2,23,27)(H2,24,25,28). The summed E-state index contributed by atoms with van der Waals surface area (Å²) in [5.74, 6) is -1.48. The summed E-state index contributed by atoms with van der Waals surface area (Å²) in [7, 11) is 0. The second-order valence-corrected chi connectivity index (χ2v) is 6.69. The van der Waals surface area contributed by atoms with E-state index in [-0.39, 0.29) is 22.0 Å². The van der Waals surface area contributed by atoms with Gasteiger partial charge in [-0.15, -0.1) is 0 Å². The highest BCUT2D eigenvalue weighted by atomic mass is 35.5. The van der Waals surface area contributed by atoms with Crippen LogP contribution in [0.1, 0.15) is 10.4 Å². The van der Waals surface area contributed by atoms with Crippen molar-refractivity contribution in [1.82, 2.24) is 0 Å². The Labute approximate surface area is 170 Å². The van der Waals surface area contributed by atoms with Crippen LogP contribution in [0.15, 0.2) is 60.7 Å². The fourth-order valence-electron chi connectivity index (χ4n) is 2.57. The van der Waals surface area contributed by atoms with Crippen LogP contribution in [0, 0.1) is 5.82 Å². The van der Waals surface area contributed by atoms with Crippen molar-refractivity contribution in [3.8, 4) is 16.9 Å². The average Bonchev–Trinajstić information content (AvgIpc) is 2.65. The summed E-state index contributed by atoms with van der Waals surface area (Å²) in [4.78, 5) is 11.3. The molecule has 0 radical (unpaired) electrons. The molecule has 5 N–H and O–H groups in total. The lowest BCUT2D eigenvalue weighted by Crippen LogP contribution is -2.19. The second kappa shape index (κ2) is 8.24. The molecule has 0 aliphatic heterocycles. The third kappa shape index (κ3) is 4.39. The molecule has 3 rings (SSSR count). The minimum absolute atomic E-state index is 0.00806. The number of aromatic hydroxyl groups is 1. The lowest BCUT2D eigenvalue weighted by molar-refractivity contribution is 0.0996. The van der Waals surface area contributed by atoms with Crippen LogP contribution in [-0.2, 0) is 0 Å². The topological polar surface area (TPSA) is 87.4 Å². The van der Waals surface area contributed by atoms with Gasteiger partial charge in [0, 0.05) is 16.3 Å². The van der Waals surface area contributed by atoms with Gasteiger partial charge in [-0.25, -0.2) is 4.39 Å². The van der Waals surface area contributed by atoms with Crippen LogP contribution in [0.4, 0.5) is 15.8 Å². The Morgan fingerprint density at radius 1 is 1.07 bits per heavy atom. The first kappa shape index (κ1) is 19.6. The summed E-state index contributed by atoms with van der Waals surface area (Å²) in [6.07, 6.45) is 0. The molecule has 0 fully saturated rings. The third-order valence-corrected chi connectivity index (χ3v) is 4.36. The number of carbonyl (C=O) groups is 1. The molecule has 1 amide bonds. The maximum absolute atomic E-state index is 14.5. The Morgan fingerprint density at radius 2 is 1.79 bits per heavy atom. The number of halogens is 2. The molecule has 5 nitrogen and oxygen atoms in total. The number of nitrogens with two attached hydrogens (primary N) is 1. The highest BCUT2D eigenvalue weighted by molar-refractivity contribution is 7.80. The number of nitrogens with one attached hydrogen (secondary N) is 2. The molecule has 28 heavy (non-hydrogen) atoms. The van der Waals surface area contributed by atoms with E-state index in [1.807, 2.05) is 0 Å². The van der Waals surface area contributed by atoms with Crippen LogP contribution < -0.4 is 16.4 Å². The molecule has 0 unspecified atom stereocenters. The van der Waals surface area contributed by atoms with E-state index >= 15 is 0 Å². The average molecular weight is 416 g/mol. The highest BCUT2D eigenvalue weighted by Crippen LogP contribution is 2.28. The van der Waals surface area contributed by atoms with Crippen molar-refractivity contribution in [1.29, 1.82) is 0 Å². The molecule has 0 atom stereocenters. The van der Waals surface area contributed by atoms with Gasteiger partial charge in [0.05, 0.1) is 11.3 Å². The minimum atomic E-state index is -0.821. The zero-order chi connectivity index (χ0) is 20.3. The lowest BCUT2D eigenvalue weighted by Gasteiger charge is -2.13. The normalized spacial score (nSPS) is 10.4. The number of phenolic OH excluding ortho intramolecular Hbond substituents is 1. The van der Waals surface area contributed by atoms with Crippen molar-refractivity contribution in [3.05, 3.63) is 77.1 Å². The van der Waals surface area contributed by atoms with Gasteiger partial charge < -0.3 is 21.5 Å². The van der Waals surface area contributed by atoms with Gasteiger partial charge >= 0.3 is 0 Å². The van der Waals surface area contributed by atoms with Crippen LogP contribution in [-0.4, -0.2) is 16.1 Å². The van der Waals surface area contributed by atoms with Gasteiger partial charge in [0.15, 0.2) is 5.11 Å². The van der Waals surface area contributed by atoms with Crippen LogP contribution in [0.2, 0.25) is 5.02 Å². The molecule has 0 heterocycles. The monoisotopic (exact) mass is 415 g/mol. The maximum Gasteiger partial charge on any atom is 0.251 e. The zero-order valence-electron chi connectivity index (χ0n) is 14.4. The number of thiocarbonyl (C=S) groups is 1. The minimum Gasteiger partial charge on any atom is -0.506 e. The number of hydrogen-bond donors (Lipinski definition) is 4. The van der Waals surface area contributed by atoms with Gasteiger partial charge in [-0.05, 0) is 54.2 Å². The van der Waals surface area contributed by atoms with Crippen LogP contribution in [0.5, 0.6) is 5.75 Å². The molecule has 3 aromatic carbocycles. The summed E-state index contributed by atoms with van der Waals surface area (Å²) in [6.45, 7) is 0. The largest absolute Gasteiger partial charge is 0.506 e. The summed E-state index contributed by atoms with van der Waals surface area (Å²) in [5.41, 5.74) is 6.89. The van der Waals surface area contributed by atoms with E-state index in [0.29, 0.717) is 22.0 Å². The fraction of sp³-hybridized carbons (Fsp3) is 0. The predicted octanol–water partition coefficient (Wildman–Crippen LogP) is 4.76. The highest BCUT2D eigenvalue weighted by Gasteiger charge is 2.13. The van der Waals surface area contributed by atoms with Crippen molar-refractivity contribution in [2.24, 2.45) is 5.73 Å². The van der Waals surface area contributed by atoms with E-state index in [1.165, 1.54) is 12.1 Å². The zero-order valence-corrected chi connectivity index (χ0v) is 15.9. The maximum atomic E-state index is 14.5. The summed E-state index contributed by atoms with van der Waals surface area (Å²) < 4.78 is 14.5. The number of phenols is 1. The number of amides is 1. The number of rotatable bonds is 4. The van der Waals surface area contributed by atoms with Crippen molar-refractivity contribution in [3.63, 3.8) is 0 Å². The van der Waals surface area contributed by atoms with Crippen molar-refractivity contribution < 1.29 is 14.3 Å². The third-order valence-electron chi connectivity index (χ3n) is 3.92. The van der Waals surface area contributed by atoms with Gasteiger partial charge in [-0.1, -0.05) is 35.9 Å². The van der Waals surface area contributed by atoms with Crippen molar-refractivity contribution >= 4 is 46.2 Å². The first-order valence-electron chi connectivity index (χ1n) is 8.10. The molecular weight excluding hydrogens is 401 g/mol. The number of anilines is 2. The Kier molecular flexibility index (Phi) is 5.77. The number of carbonyl (C=O) groups excluding carboxylic acids is 1. The molecule has 8 heteroatoms. The van der Waals surface area contributed by atoms with Gasteiger partial charge in [-0.3, -0.25) is 4.79 Å². The molecule has 0 saturated carbocycles. The molecule has 0 spiro atoms. The Balaban J connectivity index is 1.75. The quantitative estimate of drug-likeness (QED) is 0.364. The predicted molar refractivity (Wildman–Crippen MR) is 113 cm³/mol. The van der Waals surface area contributed by atoms with Crippen molar-refractivity contribution in [2.75, 3.05) is 10.6 Å². The second-order valence-electron chi connectivity index (χ2n) is 5.85. The molecule has 0 aliphatic carbocycles. The van der Waals surface area contributed by atoms with E-state index in [1.54, 1.807) is 48.5 Å². The van der Waals surface area contributed by atoms with Crippen LogP contribution >= 0.6 is 23.8 Å². The van der Waals surface area contributed by atoms with Gasteiger partial charge in [0.25, 0.3) is 5.91 Å². The lowest BCUT2D eigenvalue weighted by atomic mass is 10.0. The van der Waals surface area contributed by atoms with E-state index < -0.39 is 11.7 Å². The molecular formula is C20H15ClFN3O2S. The van der Waals surface area contributed by atoms with Gasteiger partial charge in [0.1, 0.15) is 11.6 Å². The Hall–Kier alpha value is -3.16. The summed E-state index contributed by atoms with van der Waals surface area (Å²) in [6, 6.07) is 15.8. The Bertz CT molecular complexity index is 1060. The van der Waals surface area contributed by atoms with Gasteiger partial charge in [-0.2, -0.15) is 0 Å². The van der Waals surface area contributed by atoms with E-state index in [4.69, 9.17) is 29.6 Å². The van der Waals surface area contributed by atoms with E-state index in [9.17, 15) is 14.3 Å². The molecule has 3 aromatic rings. The SMILES string of the molecule is NC(=O)c1cccc(-c2ccc(NC(=S)Nc3cc(Cl)ccc3O)cc2)c1F. The number of primary amides is 1. The molecule has 0 bridgehead atoms. The first-order valence-corrected chi connectivity index (χ1v) is 8.89. The summed E-state index contributed by atoms with van der Waals surface area (Å²) in [5, 5.41) is 16.3.